The van der Waals surface area contributed by atoms with Gasteiger partial charge in [0.1, 0.15) is 0 Å². The van der Waals surface area contributed by atoms with E-state index < -0.39 is 0 Å². The standard InChI is InChI=1S/C19H33N/c1-6-7-8-9-18(15-20-19(3,4)5)14-17-12-10-16(2)11-13-17/h10-13,18,20H,6-9,14-15H2,1-5H3. The predicted octanol–water partition coefficient (Wildman–Crippen LogP) is 5.12. The normalized spacial score (nSPS) is 13.4. The van der Waals surface area contributed by atoms with Gasteiger partial charge in [0.15, 0.2) is 0 Å². The van der Waals surface area contributed by atoms with Crippen LogP contribution in [0.1, 0.15) is 64.5 Å². The molecule has 1 aromatic rings. The molecule has 20 heavy (non-hydrogen) atoms. The van der Waals surface area contributed by atoms with E-state index in [1.165, 1.54) is 43.2 Å². The lowest BCUT2D eigenvalue weighted by Gasteiger charge is -2.25. The Morgan fingerprint density at radius 3 is 2.25 bits per heavy atom. The van der Waals surface area contributed by atoms with Gasteiger partial charge in [0.2, 0.25) is 0 Å². The Hall–Kier alpha value is -0.820. The fourth-order valence-electron chi connectivity index (χ4n) is 2.47. The maximum absolute atomic E-state index is 3.68. The maximum Gasteiger partial charge on any atom is 0.00966 e. The summed E-state index contributed by atoms with van der Waals surface area (Å²) in [5.74, 6) is 0.753. The zero-order valence-corrected chi connectivity index (χ0v) is 14.1. The Balaban J connectivity index is 2.54. The molecule has 0 fully saturated rings. The number of nitrogens with one attached hydrogen (secondary N) is 1. The molecule has 0 amide bonds. The zero-order chi connectivity index (χ0) is 15.0. The van der Waals surface area contributed by atoms with E-state index in [9.17, 15) is 0 Å². The first kappa shape index (κ1) is 17.2. The van der Waals surface area contributed by atoms with Gasteiger partial charge in [0.05, 0.1) is 0 Å². The second-order valence-electron chi connectivity index (χ2n) is 7.18. The summed E-state index contributed by atoms with van der Waals surface area (Å²) in [6.07, 6.45) is 6.57. The van der Waals surface area contributed by atoms with E-state index in [2.05, 4.69) is 64.2 Å². The number of benzene rings is 1. The van der Waals surface area contributed by atoms with Crippen molar-refractivity contribution < 1.29 is 0 Å². The first-order valence-electron chi connectivity index (χ1n) is 8.21. The highest BCUT2D eigenvalue weighted by atomic mass is 14.9. The minimum Gasteiger partial charge on any atom is -0.312 e. The summed E-state index contributed by atoms with van der Waals surface area (Å²) in [5.41, 5.74) is 3.05. The van der Waals surface area contributed by atoms with Crippen LogP contribution in [-0.2, 0) is 6.42 Å². The van der Waals surface area contributed by atoms with Gasteiger partial charge in [-0.3, -0.25) is 0 Å². The number of rotatable bonds is 8. The van der Waals surface area contributed by atoms with Gasteiger partial charge in [0.25, 0.3) is 0 Å². The van der Waals surface area contributed by atoms with Crippen LogP contribution in [0.3, 0.4) is 0 Å². The van der Waals surface area contributed by atoms with Crippen LogP contribution in [-0.4, -0.2) is 12.1 Å². The van der Waals surface area contributed by atoms with Crippen molar-refractivity contribution in [1.29, 1.82) is 0 Å². The van der Waals surface area contributed by atoms with Crippen LogP contribution < -0.4 is 5.32 Å². The molecule has 1 unspecified atom stereocenters. The van der Waals surface area contributed by atoms with Crippen LogP contribution >= 0.6 is 0 Å². The smallest absolute Gasteiger partial charge is 0.00966 e. The molecule has 0 heterocycles. The molecule has 0 radical (unpaired) electrons. The van der Waals surface area contributed by atoms with Gasteiger partial charge >= 0.3 is 0 Å². The zero-order valence-electron chi connectivity index (χ0n) is 14.1. The highest BCUT2D eigenvalue weighted by molar-refractivity contribution is 5.21. The van der Waals surface area contributed by atoms with Gasteiger partial charge in [-0.15, -0.1) is 0 Å². The summed E-state index contributed by atoms with van der Waals surface area (Å²) in [4.78, 5) is 0. The SMILES string of the molecule is CCCCCC(CNC(C)(C)C)Cc1ccc(C)cc1. The Morgan fingerprint density at radius 2 is 1.70 bits per heavy atom. The van der Waals surface area contributed by atoms with Gasteiger partial charge in [-0.2, -0.15) is 0 Å². The van der Waals surface area contributed by atoms with E-state index >= 15 is 0 Å². The van der Waals surface area contributed by atoms with Gasteiger partial charge in [0, 0.05) is 5.54 Å². The molecule has 1 nitrogen and oxygen atoms in total. The van der Waals surface area contributed by atoms with Crippen molar-refractivity contribution >= 4 is 0 Å². The largest absolute Gasteiger partial charge is 0.312 e. The molecule has 1 rings (SSSR count). The molecular formula is C19H33N. The van der Waals surface area contributed by atoms with Gasteiger partial charge in [-0.05, 0) is 58.6 Å². The molecule has 1 aromatic carbocycles. The van der Waals surface area contributed by atoms with Crippen LogP contribution in [0.2, 0.25) is 0 Å². The van der Waals surface area contributed by atoms with Crippen LogP contribution in [0.25, 0.3) is 0 Å². The monoisotopic (exact) mass is 275 g/mol. The van der Waals surface area contributed by atoms with Crippen molar-refractivity contribution in [2.45, 2.75) is 72.3 Å². The second-order valence-corrected chi connectivity index (χ2v) is 7.18. The summed E-state index contributed by atoms with van der Waals surface area (Å²) in [5, 5.41) is 3.68. The summed E-state index contributed by atoms with van der Waals surface area (Å²) in [6, 6.07) is 9.05. The molecule has 1 atom stereocenters. The topological polar surface area (TPSA) is 12.0 Å². The minimum absolute atomic E-state index is 0.219. The number of unbranched alkanes of at least 4 members (excludes halogenated alkanes) is 2. The third-order valence-corrected chi connectivity index (χ3v) is 3.78. The molecular weight excluding hydrogens is 242 g/mol. The summed E-state index contributed by atoms with van der Waals surface area (Å²) >= 11 is 0. The van der Waals surface area contributed by atoms with Crippen molar-refractivity contribution in [2.24, 2.45) is 5.92 Å². The van der Waals surface area contributed by atoms with Crippen molar-refractivity contribution in [3.8, 4) is 0 Å². The van der Waals surface area contributed by atoms with Crippen LogP contribution in [0.5, 0.6) is 0 Å². The van der Waals surface area contributed by atoms with E-state index in [0.717, 1.165) is 12.5 Å². The summed E-state index contributed by atoms with van der Waals surface area (Å²) < 4.78 is 0. The average Bonchev–Trinajstić information content (AvgIpc) is 2.37. The third-order valence-electron chi connectivity index (χ3n) is 3.78. The molecule has 114 valence electrons. The first-order chi connectivity index (χ1) is 9.40. The Labute approximate surface area is 126 Å². The molecule has 1 heteroatoms. The lowest BCUT2D eigenvalue weighted by Crippen LogP contribution is -2.39. The molecule has 0 aromatic heterocycles. The molecule has 0 saturated carbocycles. The summed E-state index contributed by atoms with van der Waals surface area (Å²) in [7, 11) is 0. The lowest BCUT2D eigenvalue weighted by molar-refractivity contribution is 0.350. The van der Waals surface area contributed by atoms with Gasteiger partial charge in [-0.1, -0.05) is 56.0 Å². The van der Waals surface area contributed by atoms with E-state index in [-0.39, 0.29) is 5.54 Å². The average molecular weight is 275 g/mol. The highest BCUT2D eigenvalue weighted by Gasteiger charge is 2.14. The number of hydrogen-bond acceptors (Lipinski definition) is 1. The fraction of sp³-hybridized carbons (Fsp3) is 0.684. The van der Waals surface area contributed by atoms with E-state index in [4.69, 9.17) is 0 Å². The van der Waals surface area contributed by atoms with E-state index in [0.29, 0.717) is 0 Å². The Morgan fingerprint density at radius 1 is 1.05 bits per heavy atom. The van der Waals surface area contributed by atoms with Crippen LogP contribution in [0.4, 0.5) is 0 Å². The molecule has 0 bridgehead atoms. The van der Waals surface area contributed by atoms with E-state index in [1.807, 2.05) is 0 Å². The third kappa shape index (κ3) is 7.69. The Kier molecular flexibility index (Phi) is 7.29. The molecule has 0 saturated heterocycles. The van der Waals surface area contributed by atoms with Crippen LogP contribution in [0.15, 0.2) is 24.3 Å². The van der Waals surface area contributed by atoms with Crippen LogP contribution in [0, 0.1) is 12.8 Å². The second kappa shape index (κ2) is 8.46. The minimum atomic E-state index is 0.219. The fourth-order valence-corrected chi connectivity index (χ4v) is 2.47. The first-order valence-corrected chi connectivity index (χ1v) is 8.21. The molecule has 0 aliphatic rings. The lowest BCUT2D eigenvalue weighted by atomic mass is 9.92. The quantitative estimate of drug-likeness (QED) is 0.649. The van der Waals surface area contributed by atoms with Gasteiger partial charge in [-0.25, -0.2) is 0 Å². The Bertz CT molecular complexity index is 358. The predicted molar refractivity (Wildman–Crippen MR) is 90.3 cm³/mol. The van der Waals surface area contributed by atoms with Crippen molar-refractivity contribution in [3.05, 3.63) is 35.4 Å². The molecule has 0 spiro atoms. The maximum atomic E-state index is 3.68. The van der Waals surface area contributed by atoms with E-state index in [1.54, 1.807) is 0 Å². The molecule has 0 aliphatic carbocycles. The number of aryl methyl sites for hydroxylation is 1. The van der Waals surface area contributed by atoms with Crippen molar-refractivity contribution in [1.82, 2.24) is 5.32 Å². The summed E-state index contributed by atoms with van der Waals surface area (Å²) in [6.45, 7) is 12.3. The highest BCUT2D eigenvalue weighted by Crippen LogP contribution is 2.17. The van der Waals surface area contributed by atoms with Crippen molar-refractivity contribution in [3.63, 3.8) is 0 Å². The van der Waals surface area contributed by atoms with Crippen molar-refractivity contribution in [2.75, 3.05) is 6.54 Å². The molecule has 0 aliphatic heterocycles. The number of hydrogen-bond donors (Lipinski definition) is 1. The molecule has 1 N–H and O–H groups in total. The van der Waals surface area contributed by atoms with Gasteiger partial charge < -0.3 is 5.32 Å².